The Bertz CT molecular complexity index is 443. The minimum absolute atomic E-state index is 0.0163. The standard InChI is InChI=1S/C17H25NO2/c1-13(2)16(19)15(14-7-5-4-6-8-14)18-11-9-17(3,20)10-12-18/h4-8,13,15,20H,9-12H2,1-3H3. The van der Waals surface area contributed by atoms with Gasteiger partial charge in [-0.25, -0.2) is 0 Å². The van der Waals surface area contributed by atoms with Crippen molar-refractivity contribution >= 4 is 5.78 Å². The first-order valence-electron chi connectivity index (χ1n) is 7.46. The van der Waals surface area contributed by atoms with Crippen LogP contribution in [0.25, 0.3) is 0 Å². The van der Waals surface area contributed by atoms with Crippen molar-refractivity contribution in [3.05, 3.63) is 35.9 Å². The molecule has 0 amide bonds. The van der Waals surface area contributed by atoms with Gasteiger partial charge in [-0.2, -0.15) is 0 Å². The summed E-state index contributed by atoms with van der Waals surface area (Å²) in [7, 11) is 0. The second kappa shape index (κ2) is 6.06. The number of hydrogen-bond acceptors (Lipinski definition) is 3. The molecule has 0 bridgehead atoms. The van der Waals surface area contributed by atoms with Crippen molar-refractivity contribution in [3.8, 4) is 0 Å². The number of aliphatic hydroxyl groups is 1. The monoisotopic (exact) mass is 275 g/mol. The Morgan fingerprint density at radius 2 is 1.75 bits per heavy atom. The topological polar surface area (TPSA) is 40.5 Å². The zero-order chi connectivity index (χ0) is 14.8. The summed E-state index contributed by atoms with van der Waals surface area (Å²) in [5.74, 6) is 0.278. The van der Waals surface area contributed by atoms with Crippen molar-refractivity contribution < 1.29 is 9.90 Å². The molecule has 0 radical (unpaired) electrons. The third-order valence-electron chi connectivity index (χ3n) is 4.19. The largest absolute Gasteiger partial charge is 0.390 e. The van der Waals surface area contributed by atoms with Crippen molar-refractivity contribution in [1.29, 1.82) is 0 Å². The molecule has 1 aliphatic rings. The zero-order valence-electron chi connectivity index (χ0n) is 12.7. The SMILES string of the molecule is CC(C)C(=O)C(c1ccccc1)N1CCC(C)(O)CC1. The second-order valence-electron chi connectivity index (χ2n) is 6.40. The maximum absolute atomic E-state index is 12.6. The van der Waals surface area contributed by atoms with E-state index >= 15 is 0 Å². The van der Waals surface area contributed by atoms with Gasteiger partial charge in [0.05, 0.1) is 11.6 Å². The third-order valence-corrected chi connectivity index (χ3v) is 4.19. The zero-order valence-corrected chi connectivity index (χ0v) is 12.7. The maximum atomic E-state index is 12.6. The minimum atomic E-state index is -0.585. The Morgan fingerprint density at radius 3 is 2.25 bits per heavy atom. The molecule has 0 spiro atoms. The number of carbonyl (C=O) groups is 1. The molecule has 2 rings (SSSR count). The fourth-order valence-electron chi connectivity index (χ4n) is 2.77. The summed E-state index contributed by atoms with van der Waals surface area (Å²) in [5, 5.41) is 10.1. The normalized spacial score (nSPS) is 20.9. The first-order chi connectivity index (χ1) is 9.41. The van der Waals surface area contributed by atoms with Crippen molar-refractivity contribution in [2.75, 3.05) is 13.1 Å². The van der Waals surface area contributed by atoms with E-state index < -0.39 is 5.60 Å². The Kier molecular flexibility index (Phi) is 4.61. The van der Waals surface area contributed by atoms with E-state index in [0.29, 0.717) is 0 Å². The van der Waals surface area contributed by atoms with E-state index in [4.69, 9.17) is 0 Å². The average molecular weight is 275 g/mol. The number of rotatable bonds is 4. The molecule has 1 aromatic rings. The quantitative estimate of drug-likeness (QED) is 0.918. The van der Waals surface area contributed by atoms with E-state index in [-0.39, 0.29) is 17.7 Å². The third kappa shape index (κ3) is 3.47. The van der Waals surface area contributed by atoms with Crippen LogP contribution in [-0.2, 0) is 4.79 Å². The molecule has 0 aromatic heterocycles. The van der Waals surface area contributed by atoms with Crippen molar-refractivity contribution in [2.45, 2.75) is 45.3 Å². The molecule has 1 unspecified atom stereocenters. The van der Waals surface area contributed by atoms with Gasteiger partial charge in [-0.1, -0.05) is 44.2 Å². The summed E-state index contributed by atoms with van der Waals surface area (Å²) in [4.78, 5) is 14.8. The van der Waals surface area contributed by atoms with Crippen LogP contribution in [0.15, 0.2) is 30.3 Å². The van der Waals surface area contributed by atoms with E-state index in [1.807, 2.05) is 51.1 Å². The lowest BCUT2D eigenvalue weighted by Crippen LogP contribution is -2.46. The molecular weight excluding hydrogens is 250 g/mol. The van der Waals surface area contributed by atoms with Crippen LogP contribution >= 0.6 is 0 Å². The van der Waals surface area contributed by atoms with Crippen LogP contribution in [-0.4, -0.2) is 34.5 Å². The van der Waals surface area contributed by atoms with E-state index in [1.54, 1.807) is 0 Å². The Labute approximate surface area is 121 Å². The van der Waals surface area contributed by atoms with Crippen LogP contribution in [0.1, 0.15) is 45.2 Å². The molecule has 0 saturated carbocycles. The maximum Gasteiger partial charge on any atom is 0.157 e. The van der Waals surface area contributed by atoms with Gasteiger partial charge in [-0.15, -0.1) is 0 Å². The van der Waals surface area contributed by atoms with Crippen LogP contribution in [0.2, 0.25) is 0 Å². The predicted molar refractivity (Wildman–Crippen MR) is 80.5 cm³/mol. The molecule has 1 heterocycles. The van der Waals surface area contributed by atoms with Crippen LogP contribution < -0.4 is 0 Å². The summed E-state index contributed by atoms with van der Waals surface area (Å²) < 4.78 is 0. The van der Waals surface area contributed by atoms with Crippen molar-refractivity contribution in [1.82, 2.24) is 4.90 Å². The van der Waals surface area contributed by atoms with Gasteiger partial charge in [0, 0.05) is 19.0 Å². The summed E-state index contributed by atoms with van der Waals surface area (Å²) in [6, 6.07) is 9.82. The highest BCUT2D eigenvalue weighted by molar-refractivity contribution is 5.87. The number of Topliss-reactive ketones (excluding diaryl/α,β-unsaturated/α-hetero) is 1. The molecule has 3 heteroatoms. The highest BCUT2D eigenvalue weighted by Gasteiger charge is 2.35. The van der Waals surface area contributed by atoms with Gasteiger partial charge in [0.2, 0.25) is 0 Å². The summed E-state index contributed by atoms with van der Waals surface area (Å²) in [5.41, 5.74) is 0.478. The Hall–Kier alpha value is -1.19. The molecule has 0 aliphatic carbocycles. The van der Waals surface area contributed by atoms with Gasteiger partial charge in [0.1, 0.15) is 0 Å². The molecule has 1 atom stereocenters. The van der Waals surface area contributed by atoms with Gasteiger partial charge >= 0.3 is 0 Å². The molecule has 110 valence electrons. The lowest BCUT2D eigenvalue weighted by Gasteiger charge is -2.40. The molecule has 1 fully saturated rings. The lowest BCUT2D eigenvalue weighted by atomic mass is 9.88. The van der Waals surface area contributed by atoms with Crippen LogP contribution in [0.5, 0.6) is 0 Å². The molecule has 1 aromatic carbocycles. The molecule has 1 saturated heterocycles. The highest BCUT2D eigenvalue weighted by atomic mass is 16.3. The Morgan fingerprint density at radius 1 is 1.20 bits per heavy atom. The number of carbonyl (C=O) groups excluding carboxylic acids is 1. The smallest absolute Gasteiger partial charge is 0.157 e. The van der Waals surface area contributed by atoms with Crippen LogP contribution in [0.4, 0.5) is 0 Å². The molecule has 3 nitrogen and oxygen atoms in total. The first-order valence-corrected chi connectivity index (χ1v) is 7.46. The van der Waals surface area contributed by atoms with E-state index in [0.717, 1.165) is 31.5 Å². The minimum Gasteiger partial charge on any atom is -0.390 e. The number of piperidine rings is 1. The number of hydrogen-bond donors (Lipinski definition) is 1. The van der Waals surface area contributed by atoms with Gasteiger partial charge < -0.3 is 5.11 Å². The number of likely N-dealkylation sites (tertiary alicyclic amines) is 1. The summed E-state index contributed by atoms with van der Waals surface area (Å²) >= 11 is 0. The number of nitrogens with zero attached hydrogens (tertiary/aromatic N) is 1. The average Bonchev–Trinajstić information content (AvgIpc) is 2.42. The Balaban J connectivity index is 2.22. The molecule has 1 aliphatic heterocycles. The molecule has 1 N–H and O–H groups in total. The van der Waals surface area contributed by atoms with Gasteiger partial charge in [0.15, 0.2) is 5.78 Å². The lowest BCUT2D eigenvalue weighted by molar-refractivity contribution is -0.129. The van der Waals surface area contributed by atoms with E-state index in [9.17, 15) is 9.90 Å². The van der Waals surface area contributed by atoms with Crippen molar-refractivity contribution in [2.24, 2.45) is 5.92 Å². The predicted octanol–water partition coefficient (Wildman–Crippen LogP) is 2.80. The number of ketones is 1. The van der Waals surface area contributed by atoms with Gasteiger partial charge in [-0.05, 0) is 25.3 Å². The van der Waals surface area contributed by atoms with Gasteiger partial charge in [0.25, 0.3) is 0 Å². The fraction of sp³-hybridized carbons (Fsp3) is 0.588. The van der Waals surface area contributed by atoms with E-state index in [2.05, 4.69) is 4.90 Å². The number of benzene rings is 1. The van der Waals surface area contributed by atoms with Crippen LogP contribution in [0.3, 0.4) is 0 Å². The summed E-state index contributed by atoms with van der Waals surface area (Å²) in [6.07, 6.45) is 1.45. The second-order valence-corrected chi connectivity index (χ2v) is 6.40. The van der Waals surface area contributed by atoms with E-state index in [1.165, 1.54) is 0 Å². The van der Waals surface area contributed by atoms with Crippen molar-refractivity contribution in [3.63, 3.8) is 0 Å². The highest BCUT2D eigenvalue weighted by Crippen LogP contribution is 2.30. The van der Waals surface area contributed by atoms with Gasteiger partial charge in [-0.3, -0.25) is 9.69 Å². The fourth-order valence-corrected chi connectivity index (χ4v) is 2.77. The molecular formula is C17H25NO2. The van der Waals surface area contributed by atoms with Crippen LogP contribution in [0, 0.1) is 5.92 Å². The summed E-state index contributed by atoms with van der Waals surface area (Å²) in [6.45, 7) is 7.33. The molecule has 20 heavy (non-hydrogen) atoms. The first kappa shape index (κ1) is 15.2.